The van der Waals surface area contributed by atoms with Crippen molar-refractivity contribution in [3.63, 3.8) is 0 Å². The highest BCUT2D eigenvalue weighted by Crippen LogP contribution is 2.10. The molecule has 0 aliphatic rings. The molecule has 3 nitrogen and oxygen atoms in total. The van der Waals surface area contributed by atoms with Crippen LogP contribution in [0.1, 0.15) is 10.4 Å². The van der Waals surface area contributed by atoms with Gasteiger partial charge in [-0.1, -0.05) is 0 Å². The standard InChI is InChI=1S/C8H9IN2O/c1-11(2)8(12)6-5-10-4-3-7(6)9/h3-5H,1-2H3. The second-order valence-corrected chi connectivity index (χ2v) is 3.72. The summed E-state index contributed by atoms with van der Waals surface area (Å²) in [6.07, 6.45) is 3.26. The summed E-state index contributed by atoms with van der Waals surface area (Å²) >= 11 is 2.12. The van der Waals surface area contributed by atoms with E-state index in [9.17, 15) is 4.79 Å². The average Bonchev–Trinajstić information content (AvgIpc) is 2.04. The average molecular weight is 276 g/mol. The van der Waals surface area contributed by atoms with E-state index in [2.05, 4.69) is 27.6 Å². The van der Waals surface area contributed by atoms with Gasteiger partial charge in [-0.3, -0.25) is 9.78 Å². The van der Waals surface area contributed by atoms with Crippen molar-refractivity contribution >= 4 is 28.5 Å². The van der Waals surface area contributed by atoms with Gasteiger partial charge in [-0.15, -0.1) is 0 Å². The van der Waals surface area contributed by atoms with Crippen LogP contribution in [0.4, 0.5) is 0 Å². The van der Waals surface area contributed by atoms with Crippen LogP contribution in [0, 0.1) is 3.57 Å². The molecule has 0 bridgehead atoms. The smallest absolute Gasteiger partial charge is 0.255 e. The van der Waals surface area contributed by atoms with Gasteiger partial charge >= 0.3 is 0 Å². The maximum absolute atomic E-state index is 11.4. The summed E-state index contributed by atoms with van der Waals surface area (Å²) in [6.45, 7) is 0. The van der Waals surface area contributed by atoms with Gasteiger partial charge in [0.15, 0.2) is 0 Å². The van der Waals surface area contributed by atoms with Crippen molar-refractivity contribution in [2.24, 2.45) is 0 Å². The summed E-state index contributed by atoms with van der Waals surface area (Å²) < 4.78 is 0.932. The quantitative estimate of drug-likeness (QED) is 0.726. The lowest BCUT2D eigenvalue weighted by Crippen LogP contribution is -2.22. The summed E-state index contributed by atoms with van der Waals surface area (Å²) in [5.41, 5.74) is 0.656. The minimum absolute atomic E-state index is 0.00694. The first-order chi connectivity index (χ1) is 5.63. The Balaban J connectivity index is 3.03. The largest absolute Gasteiger partial charge is 0.345 e. The van der Waals surface area contributed by atoms with E-state index in [1.807, 2.05) is 6.07 Å². The van der Waals surface area contributed by atoms with E-state index >= 15 is 0 Å². The first-order valence-electron chi connectivity index (χ1n) is 3.44. The molecule has 1 rings (SSSR count). The predicted molar refractivity (Wildman–Crippen MR) is 55.0 cm³/mol. The molecule has 0 radical (unpaired) electrons. The third-order valence-corrected chi connectivity index (χ3v) is 2.35. The first kappa shape index (κ1) is 9.44. The van der Waals surface area contributed by atoms with Crippen molar-refractivity contribution in [3.8, 4) is 0 Å². The fraction of sp³-hybridized carbons (Fsp3) is 0.250. The van der Waals surface area contributed by atoms with E-state index in [1.54, 1.807) is 31.4 Å². The fourth-order valence-electron chi connectivity index (χ4n) is 0.776. The van der Waals surface area contributed by atoms with Gasteiger partial charge < -0.3 is 4.90 Å². The molecular formula is C8H9IN2O. The summed E-state index contributed by atoms with van der Waals surface area (Å²) in [4.78, 5) is 16.9. The van der Waals surface area contributed by atoms with E-state index in [0.717, 1.165) is 3.57 Å². The number of aromatic nitrogens is 1. The molecule has 0 N–H and O–H groups in total. The summed E-state index contributed by atoms with van der Waals surface area (Å²) in [5.74, 6) is -0.00694. The number of nitrogens with zero attached hydrogens (tertiary/aromatic N) is 2. The Kier molecular flexibility index (Phi) is 3.02. The molecule has 1 heterocycles. The highest BCUT2D eigenvalue weighted by molar-refractivity contribution is 14.1. The highest BCUT2D eigenvalue weighted by Gasteiger charge is 2.10. The van der Waals surface area contributed by atoms with Crippen molar-refractivity contribution < 1.29 is 4.79 Å². The second kappa shape index (κ2) is 3.84. The monoisotopic (exact) mass is 276 g/mol. The first-order valence-corrected chi connectivity index (χ1v) is 4.52. The summed E-state index contributed by atoms with van der Waals surface area (Å²) in [5, 5.41) is 0. The molecule has 0 aromatic carbocycles. The lowest BCUT2D eigenvalue weighted by molar-refractivity contribution is 0.0826. The molecule has 0 fully saturated rings. The van der Waals surface area contributed by atoms with Crippen LogP contribution in [0.2, 0.25) is 0 Å². The van der Waals surface area contributed by atoms with Gasteiger partial charge in [-0.2, -0.15) is 0 Å². The zero-order valence-corrected chi connectivity index (χ0v) is 9.07. The van der Waals surface area contributed by atoms with Crippen LogP contribution in [-0.4, -0.2) is 29.9 Å². The van der Waals surface area contributed by atoms with E-state index < -0.39 is 0 Å². The Morgan fingerprint density at radius 2 is 2.25 bits per heavy atom. The molecule has 1 amide bonds. The Hall–Kier alpha value is -0.650. The molecule has 64 valence electrons. The molecule has 0 aliphatic carbocycles. The van der Waals surface area contributed by atoms with Gasteiger partial charge in [0, 0.05) is 30.1 Å². The second-order valence-electron chi connectivity index (χ2n) is 2.56. The minimum Gasteiger partial charge on any atom is -0.345 e. The SMILES string of the molecule is CN(C)C(=O)c1cnccc1I. The van der Waals surface area contributed by atoms with Gasteiger partial charge in [-0.05, 0) is 28.7 Å². The van der Waals surface area contributed by atoms with Crippen LogP contribution in [0.25, 0.3) is 0 Å². The number of carbonyl (C=O) groups is 1. The molecule has 1 aromatic heterocycles. The van der Waals surface area contributed by atoms with E-state index in [-0.39, 0.29) is 5.91 Å². The number of halogens is 1. The van der Waals surface area contributed by atoms with Gasteiger partial charge in [0.1, 0.15) is 0 Å². The number of amides is 1. The topological polar surface area (TPSA) is 33.2 Å². The van der Waals surface area contributed by atoms with Gasteiger partial charge in [0.2, 0.25) is 0 Å². The lowest BCUT2D eigenvalue weighted by atomic mass is 10.2. The molecule has 12 heavy (non-hydrogen) atoms. The number of carbonyl (C=O) groups excluding carboxylic acids is 1. The fourth-order valence-corrected chi connectivity index (χ4v) is 1.31. The number of hydrogen-bond acceptors (Lipinski definition) is 2. The Morgan fingerprint density at radius 3 is 2.75 bits per heavy atom. The predicted octanol–water partition coefficient (Wildman–Crippen LogP) is 1.39. The van der Waals surface area contributed by atoms with Crippen molar-refractivity contribution in [3.05, 3.63) is 27.6 Å². The lowest BCUT2D eigenvalue weighted by Gasteiger charge is -2.10. The third-order valence-electron chi connectivity index (χ3n) is 1.40. The van der Waals surface area contributed by atoms with Crippen molar-refractivity contribution in [2.75, 3.05) is 14.1 Å². The number of hydrogen-bond donors (Lipinski definition) is 0. The number of rotatable bonds is 1. The molecule has 0 spiro atoms. The third kappa shape index (κ3) is 1.94. The Labute approximate surface area is 84.9 Å². The Morgan fingerprint density at radius 1 is 1.58 bits per heavy atom. The van der Waals surface area contributed by atoms with E-state index in [0.29, 0.717) is 5.56 Å². The Bertz CT molecular complexity index is 299. The highest BCUT2D eigenvalue weighted by atomic mass is 127. The molecule has 1 aromatic rings. The minimum atomic E-state index is -0.00694. The van der Waals surface area contributed by atoms with Crippen molar-refractivity contribution in [1.82, 2.24) is 9.88 Å². The van der Waals surface area contributed by atoms with Crippen molar-refractivity contribution in [1.29, 1.82) is 0 Å². The van der Waals surface area contributed by atoms with Gasteiger partial charge in [0.05, 0.1) is 5.56 Å². The zero-order valence-electron chi connectivity index (χ0n) is 6.91. The molecule has 0 atom stereocenters. The van der Waals surface area contributed by atoms with Crippen LogP contribution in [0.5, 0.6) is 0 Å². The van der Waals surface area contributed by atoms with Crippen LogP contribution < -0.4 is 0 Å². The number of pyridine rings is 1. The summed E-state index contributed by atoms with van der Waals surface area (Å²) in [6, 6.07) is 1.82. The van der Waals surface area contributed by atoms with Gasteiger partial charge in [-0.25, -0.2) is 0 Å². The summed E-state index contributed by atoms with van der Waals surface area (Å²) in [7, 11) is 3.46. The van der Waals surface area contributed by atoms with E-state index in [4.69, 9.17) is 0 Å². The van der Waals surface area contributed by atoms with Crippen molar-refractivity contribution in [2.45, 2.75) is 0 Å². The van der Waals surface area contributed by atoms with Crippen LogP contribution >= 0.6 is 22.6 Å². The molecular weight excluding hydrogens is 267 g/mol. The molecule has 0 saturated carbocycles. The maximum Gasteiger partial charge on any atom is 0.255 e. The van der Waals surface area contributed by atoms with E-state index in [1.165, 1.54) is 0 Å². The van der Waals surface area contributed by atoms with Gasteiger partial charge in [0.25, 0.3) is 5.91 Å². The van der Waals surface area contributed by atoms with Crippen LogP contribution in [0.15, 0.2) is 18.5 Å². The van der Waals surface area contributed by atoms with Crippen LogP contribution in [0.3, 0.4) is 0 Å². The molecule has 0 unspecified atom stereocenters. The zero-order chi connectivity index (χ0) is 9.14. The molecule has 0 saturated heterocycles. The molecule has 4 heteroatoms. The normalized spacial score (nSPS) is 9.58. The maximum atomic E-state index is 11.4. The van der Waals surface area contributed by atoms with Crippen LogP contribution in [-0.2, 0) is 0 Å². The molecule has 0 aliphatic heterocycles.